The number of primary amides is 1. The zero-order valence-corrected chi connectivity index (χ0v) is 15.5. The zero-order chi connectivity index (χ0) is 17.8. The molecule has 0 saturated carbocycles. The first-order valence-electron chi connectivity index (χ1n) is 9.60. The molecule has 2 aromatic rings. The Kier molecular flexibility index (Phi) is 5.74. The van der Waals surface area contributed by atoms with Gasteiger partial charge in [-0.1, -0.05) is 56.7 Å². The number of hydrogen-bond donors (Lipinski definition) is 1. The summed E-state index contributed by atoms with van der Waals surface area (Å²) < 4.78 is 0. The topological polar surface area (TPSA) is 46.3 Å². The third-order valence-corrected chi connectivity index (χ3v) is 5.49. The Labute approximate surface area is 151 Å². The van der Waals surface area contributed by atoms with Gasteiger partial charge in [0.2, 0.25) is 5.91 Å². The number of amides is 1. The minimum Gasteiger partial charge on any atom is -0.369 e. The molecule has 3 rings (SSSR count). The number of carbonyl (C=O) groups excluding carboxylic acids is 1. The smallest absolute Gasteiger partial charge is 0.225 e. The van der Waals surface area contributed by atoms with Crippen LogP contribution < -0.4 is 5.73 Å². The molecule has 0 aromatic heterocycles. The summed E-state index contributed by atoms with van der Waals surface area (Å²) in [6, 6.07) is 12.7. The Morgan fingerprint density at radius 2 is 1.80 bits per heavy atom. The summed E-state index contributed by atoms with van der Waals surface area (Å²) in [5.41, 5.74) is 8.25. The van der Waals surface area contributed by atoms with Crippen molar-refractivity contribution >= 4 is 16.7 Å². The predicted molar refractivity (Wildman–Crippen MR) is 105 cm³/mol. The zero-order valence-electron chi connectivity index (χ0n) is 15.5. The number of piperidine rings is 1. The number of benzene rings is 2. The molecule has 1 fully saturated rings. The molecule has 0 spiro atoms. The van der Waals surface area contributed by atoms with E-state index in [2.05, 4.69) is 49.1 Å². The van der Waals surface area contributed by atoms with Crippen molar-refractivity contribution in [1.29, 1.82) is 0 Å². The van der Waals surface area contributed by atoms with Gasteiger partial charge in [-0.15, -0.1) is 0 Å². The van der Waals surface area contributed by atoms with Gasteiger partial charge >= 0.3 is 0 Å². The molecule has 3 nitrogen and oxygen atoms in total. The van der Waals surface area contributed by atoms with Crippen LogP contribution in [0, 0.1) is 5.92 Å². The number of carbonyl (C=O) groups is 1. The molecule has 1 atom stereocenters. The van der Waals surface area contributed by atoms with Crippen LogP contribution in [0.25, 0.3) is 10.8 Å². The first-order chi connectivity index (χ1) is 12.1. The van der Waals surface area contributed by atoms with E-state index in [0.29, 0.717) is 0 Å². The van der Waals surface area contributed by atoms with Gasteiger partial charge in [0.1, 0.15) is 0 Å². The summed E-state index contributed by atoms with van der Waals surface area (Å²) in [5, 5.41) is 2.36. The van der Waals surface area contributed by atoms with Crippen molar-refractivity contribution in [3.63, 3.8) is 0 Å². The quantitative estimate of drug-likeness (QED) is 0.862. The number of nitrogens with two attached hydrogens (primary N) is 1. The number of rotatable bonds is 6. The second kappa shape index (κ2) is 8.01. The Hall–Kier alpha value is -1.87. The van der Waals surface area contributed by atoms with Gasteiger partial charge in [-0.25, -0.2) is 0 Å². The van der Waals surface area contributed by atoms with Gasteiger partial charge in [0.25, 0.3) is 0 Å². The molecule has 2 aromatic carbocycles. The molecule has 1 aliphatic heterocycles. The van der Waals surface area contributed by atoms with E-state index in [4.69, 9.17) is 5.73 Å². The molecule has 134 valence electrons. The molecule has 1 unspecified atom stereocenters. The Morgan fingerprint density at radius 3 is 2.48 bits per heavy atom. The fourth-order valence-corrected chi connectivity index (χ4v) is 4.19. The van der Waals surface area contributed by atoms with Crippen LogP contribution in [-0.4, -0.2) is 30.4 Å². The maximum Gasteiger partial charge on any atom is 0.225 e. The van der Waals surface area contributed by atoms with E-state index < -0.39 is 0 Å². The van der Waals surface area contributed by atoms with Crippen molar-refractivity contribution < 1.29 is 4.79 Å². The maximum absolute atomic E-state index is 12.3. The molecule has 1 amide bonds. The van der Waals surface area contributed by atoms with Crippen LogP contribution in [0.1, 0.15) is 50.2 Å². The molecule has 25 heavy (non-hydrogen) atoms. The third kappa shape index (κ3) is 4.04. The molecule has 1 saturated heterocycles. The molecule has 3 heteroatoms. The molecule has 0 radical (unpaired) electrons. The van der Waals surface area contributed by atoms with Gasteiger partial charge in [-0.2, -0.15) is 0 Å². The average molecular weight is 338 g/mol. The third-order valence-electron chi connectivity index (χ3n) is 5.49. The monoisotopic (exact) mass is 338 g/mol. The van der Waals surface area contributed by atoms with Gasteiger partial charge in [-0.3, -0.25) is 4.79 Å². The normalized spacial score (nSPS) is 17.1. The van der Waals surface area contributed by atoms with E-state index in [1.807, 2.05) is 6.07 Å². The highest BCUT2D eigenvalue weighted by Crippen LogP contribution is 2.34. The minimum atomic E-state index is -0.234. The summed E-state index contributed by atoms with van der Waals surface area (Å²) in [5.74, 6) is -0.259. The second-order valence-corrected chi connectivity index (χ2v) is 7.64. The Morgan fingerprint density at radius 1 is 1.08 bits per heavy atom. The van der Waals surface area contributed by atoms with Gasteiger partial charge in [0, 0.05) is 6.54 Å². The number of fused-ring (bicyclic) bond motifs is 1. The SMILES string of the molecule is CC(C)C(C(N)=O)c1c(CCN2CCCCC2)ccc2ccccc12. The molecule has 1 aliphatic rings. The van der Waals surface area contributed by atoms with Gasteiger partial charge < -0.3 is 10.6 Å². The lowest BCUT2D eigenvalue weighted by Crippen LogP contribution is -2.32. The highest BCUT2D eigenvalue weighted by atomic mass is 16.1. The fraction of sp³-hybridized carbons (Fsp3) is 0.500. The summed E-state index contributed by atoms with van der Waals surface area (Å²) in [6.07, 6.45) is 4.95. The molecule has 0 aliphatic carbocycles. The van der Waals surface area contributed by atoms with Gasteiger partial charge in [-0.05, 0) is 60.2 Å². The van der Waals surface area contributed by atoms with Crippen molar-refractivity contribution in [1.82, 2.24) is 4.90 Å². The van der Waals surface area contributed by atoms with E-state index >= 15 is 0 Å². The average Bonchev–Trinajstić information content (AvgIpc) is 2.61. The van der Waals surface area contributed by atoms with Crippen molar-refractivity contribution in [2.24, 2.45) is 11.7 Å². The van der Waals surface area contributed by atoms with Crippen molar-refractivity contribution in [3.05, 3.63) is 47.5 Å². The van der Waals surface area contributed by atoms with Crippen molar-refractivity contribution in [2.75, 3.05) is 19.6 Å². The number of likely N-dealkylation sites (tertiary alicyclic amines) is 1. The lowest BCUT2D eigenvalue weighted by atomic mass is 9.81. The standard InChI is InChI=1S/C22H30N2O/c1-16(2)20(22(23)25)21-18(12-15-24-13-6-3-7-14-24)11-10-17-8-4-5-9-19(17)21/h4-5,8-11,16,20H,3,6-7,12-15H2,1-2H3,(H2,23,25). The summed E-state index contributed by atoms with van der Waals surface area (Å²) in [4.78, 5) is 14.8. The van der Waals surface area contributed by atoms with Crippen LogP contribution in [0.2, 0.25) is 0 Å². The minimum absolute atomic E-state index is 0.192. The molecule has 0 bridgehead atoms. The van der Waals surface area contributed by atoms with E-state index in [9.17, 15) is 4.79 Å². The molecule has 2 N–H and O–H groups in total. The summed E-state index contributed by atoms with van der Waals surface area (Å²) in [7, 11) is 0. The molecular weight excluding hydrogens is 308 g/mol. The van der Waals surface area contributed by atoms with E-state index in [0.717, 1.165) is 18.5 Å². The first-order valence-corrected chi connectivity index (χ1v) is 9.60. The van der Waals surface area contributed by atoms with E-state index in [1.54, 1.807) is 0 Å². The first kappa shape index (κ1) is 17.9. The molecule has 1 heterocycles. The Balaban J connectivity index is 1.98. The van der Waals surface area contributed by atoms with Gasteiger partial charge in [0.15, 0.2) is 0 Å². The highest BCUT2D eigenvalue weighted by Gasteiger charge is 2.26. The van der Waals surface area contributed by atoms with E-state index in [1.165, 1.54) is 48.7 Å². The molecular formula is C22H30N2O. The van der Waals surface area contributed by atoms with Crippen LogP contribution in [0.4, 0.5) is 0 Å². The fourth-order valence-electron chi connectivity index (χ4n) is 4.19. The van der Waals surface area contributed by atoms with Crippen LogP contribution >= 0.6 is 0 Å². The predicted octanol–water partition coefficient (Wildman–Crippen LogP) is 4.09. The van der Waals surface area contributed by atoms with Crippen LogP contribution in [0.3, 0.4) is 0 Å². The lowest BCUT2D eigenvalue weighted by molar-refractivity contribution is -0.120. The van der Waals surface area contributed by atoms with Crippen molar-refractivity contribution in [3.8, 4) is 0 Å². The number of nitrogens with zero attached hydrogens (tertiary/aromatic N) is 1. The number of hydrogen-bond acceptors (Lipinski definition) is 2. The van der Waals surface area contributed by atoms with Crippen molar-refractivity contribution in [2.45, 2.75) is 45.4 Å². The second-order valence-electron chi connectivity index (χ2n) is 7.64. The highest BCUT2D eigenvalue weighted by molar-refractivity contribution is 5.93. The lowest BCUT2D eigenvalue weighted by Gasteiger charge is -2.28. The maximum atomic E-state index is 12.3. The van der Waals surface area contributed by atoms with E-state index in [-0.39, 0.29) is 17.7 Å². The summed E-state index contributed by atoms with van der Waals surface area (Å²) in [6.45, 7) is 7.64. The Bertz CT molecular complexity index is 732. The van der Waals surface area contributed by atoms with Crippen LogP contribution in [-0.2, 0) is 11.2 Å². The summed E-state index contributed by atoms with van der Waals surface area (Å²) >= 11 is 0. The van der Waals surface area contributed by atoms with Crippen LogP contribution in [0.5, 0.6) is 0 Å². The largest absolute Gasteiger partial charge is 0.369 e. The van der Waals surface area contributed by atoms with Gasteiger partial charge in [0.05, 0.1) is 5.92 Å². The van der Waals surface area contributed by atoms with Crippen LogP contribution in [0.15, 0.2) is 36.4 Å².